The van der Waals surface area contributed by atoms with Crippen LogP contribution < -0.4 is 24.8 Å². The van der Waals surface area contributed by atoms with Crippen LogP contribution in [0.15, 0.2) is 60.9 Å². The molecule has 0 aliphatic carbocycles. The van der Waals surface area contributed by atoms with Gasteiger partial charge in [0.2, 0.25) is 0 Å². The number of carbonyl (C=O) groups excluding carboxylic acids is 2. The van der Waals surface area contributed by atoms with E-state index in [0.29, 0.717) is 35.5 Å². The van der Waals surface area contributed by atoms with Gasteiger partial charge in [-0.15, -0.1) is 0 Å². The van der Waals surface area contributed by atoms with E-state index >= 15 is 0 Å². The van der Waals surface area contributed by atoms with Crippen molar-refractivity contribution in [3.05, 3.63) is 83.3 Å². The van der Waals surface area contributed by atoms with Crippen molar-refractivity contribution >= 4 is 23.2 Å². The minimum atomic E-state index is -4.77. The Morgan fingerprint density at radius 1 is 0.953 bits per heavy atom. The molecule has 10 nitrogen and oxygen atoms in total. The summed E-state index contributed by atoms with van der Waals surface area (Å²) in [4.78, 5) is 37.2. The molecule has 13 heteroatoms. The van der Waals surface area contributed by atoms with E-state index in [4.69, 9.17) is 14.2 Å². The van der Waals surface area contributed by atoms with Crippen molar-refractivity contribution in [3.63, 3.8) is 0 Å². The van der Waals surface area contributed by atoms with E-state index in [1.54, 1.807) is 20.1 Å². The number of Topliss-reactive ketones (excluding diaryl/α,β-unsaturated/α-hetero) is 1. The molecule has 0 aliphatic heterocycles. The van der Waals surface area contributed by atoms with Gasteiger partial charge in [-0.25, -0.2) is 19.7 Å². The number of anilines is 2. The van der Waals surface area contributed by atoms with Crippen LogP contribution in [-0.2, 0) is 12.8 Å². The van der Waals surface area contributed by atoms with Crippen LogP contribution in [0.1, 0.15) is 41.0 Å². The number of methoxy groups -OCH3 is 1. The summed E-state index contributed by atoms with van der Waals surface area (Å²) in [5.74, 6) is 0.977. The summed E-state index contributed by atoms with van der Waals surface area (Å²) in [6, 6.07) is 11.2. The second-order valence-corrected chi connectivity index (χ2v) is 9.18. The highest BCUT2D eigenvalue weighted by atomic mass is 19.4. The summed E-state index contributed by atoms with van der Waals surface area (Å²) in [5, 5.41) is 4.86. The topological polar surface area (TPSA) is 125 Å². The number of aromatic nitrogens is 3. The van der Waals surface area contributed by atoms with Gasteiger partial charge in [0.05, 0.1) is 36.9 Å². The van der Waals surface area contributed by atoms with Gasteiger partial charge in [-0.2, -0.15) is 13.2 Å². The van der Waals surface area contributed by atoms with Crippen LogP contribution in [0.25, 0.3) is 11.4 Å². The number of amides is 2. The first-order valence-electron chi connectivity index (χ1n) is 13.0. The van der Waals surface area contributed by atoms with Crippen molar-refractivity contribution in [2.75, 3.05) is 24.4 Å². The number of ketones is 1. The van der Waals surface area contributed by atoms with Crippen LogP contribution >= 0.6 is 0 Å². The lowest BCUT2D eigenvalue weighted by Crippen LogP contribution is -2.21. The molecule has 2 aromatic carbocycles. The number of rotatable bonds is 10. The average Bonchev–Trinajstić information content (AvgIpc) is 2.97. The lowest BCUT2D eigenvalue weighted by molar-refractivity contribution is -0.137. The number of ether oxygens (including phenoxy) is 3. The monoisotopic (exact) mass is 595 g/mol. The molecule has 224 valence electrons. The molecule has 0 radical (unpaired) electrons. The van der Waals surface area contributed by atoms with Crippen LogP contribution in [0.3, 0.4) is 0 Å². The summed E-state index contributed by atoms with van der Waals surface area (Å²) < 4.78 is 57.0. The van der Waals surface area contributed by atoms with E-state index in [1.807, 2.05) is 31.2 Å². The van der Waals surface area contributed by atoms with Gasteiger partial charge in [0.15, 0.2) is 17.4 Å². The predicted molar refractivity (Wildman–Crippen MR) is 153 cm³/mol. The molecule has 0 aliphatic rings. The molecule has 2 N–H and O–H groups in total. The van der Waals surface area contributed by atoms with Gasteiger partial charge in [0, 0.05) is 23.0 Å². The standard InChI is InChI=1S/C30H28F3N5O5/c1-5-42-26-12-20(14-35-28(26)43-16-19-6-9-22(41-4)10-7-19)27-34-15-25(17(2)36-27)38-29(40)37-21-8-11-23(18(3)39)24(13-21)30(31,32)33/h6-15H,5,16H2,1-4H3,(H2,37,38,40). The van der Waals surface area contributed by atoms with E-state index < -0.39 is 29.1 Å². The van der Waals surface area contributed by atoms with Gasteiger partial charge in [0.25, 0.3) is 5.88 Å². The van der Waals surface area contributed by atoms with E-state index in [1.165, 1.54) is 18.5 Å². The highest BCUT2D eigenvalue weighted by Crippen LogP contribution is 2.34. The fourth-order valence-corrected chi connectivity index (χ4v) is 3.97. The highest BCUT2D eigenvalue weighted by Gasteiger charge is 2.34. The molecule has 2 aromatic heterocycles. The normalized spacial score (nSPS) is 11.0. The maximum Gasteiger partial charge on any atom is 0.417 e. The third-order valence-electron chi connectivity index (χ3n) is 6.10. The average molecular weight is 596 g/mol. The third-order valence-corrected chi connectivity index (χ3v) is 6.10. The van der Waals surface area contributed by atoms with E-state index in [-0.39, 0.29) is 23.9 Å². The number of urea groups is 1. The molecule has 2 amide bonds. The zero-order chi connectivity index (χ0) is 31.1. The summed E-state index contributed by atoms with van der Waals surface area (Å²) in [7, 11) is 1.59. The molecule has 0 bridgehead atoms. The number of carbonyl (C=O) groups is 2. The molecular formula is C30H28F3N5O5. The summed E-state index contributed by atoms with van der Waals surface area (Å²) in [5.41, 5.74) is 0.291. The lowest BCUT2D eigenvalue weighted by atomic mass is 10.0. The Balaban J connectivity index is 1.46. The number of nitrogens with one attached hydrogen (secondary N) is 2. The van der Waals surface area contributed by atoms with Crippen LogP contribution in [0.2, 0.25) is 0 Å². The SMILES string of the molecule is CCOc1cc(-c2ncc(NC(=O)Nc3ccc(C(C)=O)c(C(F)(F)F)c3)c(C)n2)cnc1OCc1ccc(OC)cc1. The van der Waals surface area contributed by atoms with Gasteiger partial charge in [-0.3, -0.25) is 4.79 Å². The molecule has 0 unspecified atom stereocenters. The van der Waals surface area contributed by atoms with Gasteiger partial charge in [-0.1, -0.05) is 12.1 Å². The maximum atomic E-state index is 13.4. The Hall–Kier alpha value is -5.20. The van der Waals surface area contributed by atoms with Crippen LogP contribution in [-0.4, -0.2) is 40.5 Å². The number of halogens is 3. The lowest BCUT2D eigenvalue weighted by Gasteiger charge is -2.14. The Bertz CT molecular complexity index is 1630. The minimum Gasteiger partial charge on any atom is -0.497 e. The van der Waals surface area contributed by atoms with Crippen LogP contribution in [0.5, 0.6) is 17.4 Å². The summed E-state index contributed by atoms with van der Waals surface area (Å²) in [6.45, 7) is 5.12. The Kier molecular flexibility index (Phi) is 9.43. The zero-order valence-electron chi connectivity index (χ0n) is 23.7. The van der Waals surface area contributed by atoms with Crippen LogP contribution in [0, 0.1) is 6.92 Å². The molecule has 0 atom stereocenters. The van der Waals surface area contributed by atoms with E-state index in [0.717, 1.165) is 24.3 Å². The van der Waals surface area contributed by atoms with E-state index in [2.05, 4.69) is 25.6 Å². The fraction of sp³-hybridized carbons (Fsp3) is 0.233. The molecule has 0 saturated heterocycles. The molecule has 0 spiro atoms. The Labute approximate surface area is 245 Å². The summed E-state index contributed by atoms with van der Waals surface area (Å²) >= 11 is 0. The number of hydrogen-bond donors (Lipinski definition) is 2. The predicted octanol–water partition coefficient (Wildman–Crippen LogP) is 6.70. The second kappa shape index (κ2) is 13.2. The molecule has 4 rings (SSSR count). The van der Waals surface area contributed by atoms with Gasteiger partial charge in [0.1, 0.15) is 12.4 Å². The first-order valence-corrected chi connectivity index (χ1v) is 13.0. The second-order valence-electron chi connectivity index (χ2n) is 9.18. The number of benzene rings is 2. The van der Waals surface area contributed by atoms with Gasteiger partial charge < -0.3 is 24.8 Å². The number of nitrogens with zero attached hydrogens (tertiary/aromatic N) is 3. The van der Waals surface area contributed by atoms with Crippen molar-refractivity contribution in [2.24, 2.45) is 0 Å². The first kappa shape index (κ1) is 30.8. The summed E-state index contributed by atoms with van der Waals surface area (Å²) in [6.07, 6.45) is -1.87. The largest absolute Gasteiger partial charge is 0.497 e. The number of aryl methyl sites for hydroxylation is 1. The molecule has 2 heterocycles. The number of hydrogen-bond acceptors (Lipinski definition) is 8. The zero-order valence-corrected chi connectivity index (χ0v) is 23.7. The molecular weight excluding hydrogens is 567 g/mol. The highest BCUT2D eigenvalue weighted by molar-refractivity contribution is 6.01. The number of pyridine rings is 1. The molecule has 4 aromatic rings. The minimum absolute atomic E-state index is 0.145. The quantitative estimate of drug-likeness (QED) is 0.194. The Morgan fingerprint density at radius 3 is 2.33 bits per heavy atom. The van der Waals surface area contributed by atoms with Crippen molar-refractivity contribution in [1.82, 2.24) is 15.0 Å². The van der Waals surface area contributed by atoms with Crippen molar-refractivity contribution in [2.45, 2.75) is 33.6 Å². The van der Waals surface area contributed by atoms with Crippen molar-refractivity contribution in [1.29, 1.82) is 0 Å². The Morgan fingerprint density at radius 2 is 1.70 bits per heavy atom. The maximum absolute atomic E-state index is 13.4. The molecule has 0 fully saturated rings. The van der Waals surface area contributed by atoms with Crippen molar-refractivity contribution in [3.8, 4) is 28.8 Å². The number of alkyl halides is 3. The van der Waals surface area contributed by atoms with Gasteiger partial charge >= 0.3 is 12.2 Å². The molecule has 0 saturated carbocycles. The van der Waals surface area contributed by atoms with E-state index in [9.17, 15) is 22.8 Å². The smallest absolute Gasteiger partial charge is 0.417 e. The third kappa shape index (κ3) is 7.76. The van der Waals surface area contributed by atoms with Crippen LogP contribution in [0.4, 0.5) is 29.3 Å². The molecule has 43 heavy (non-hydrogen) atoms. The van der Waals surface area contributed by atoms with Gasteiger partial charge in [-0.05, 0) is 62.7 Å². The fourth-order valence-electron chi connectivity index (χ4n) is 3.97. The van der Waals surface area contributed by atoms with Crippen molar-refractivity contribution < 1.29 is 37.0 Å². The first-order chi connectivity index (χ1) is 20.5.